The SMILES string of the molecule is Cc1ccc(F)c(-c2cc(Nc3ccnc4cnn(Cc5cc(C)nc(-c6cc(Nc7ccnc8cn(C)nc78)c(C)cn6)c5F)c34)c(C)cn2)n1. The first-order valence-corrected chi connectivity index (χ1v) is 16.5. The first-order valence-electron chi connectivity index (χ1n) is 16.5. The van der Waals surface area contributed by atoms with Crippen LogP contribution >= 0.6 is 0 Å². The molecule has 0 aromatic carbocycles. The zero-order valence-corrected chi connectivity index (χ0v) is 28.9. The van der Waals surface area contributed by atoms with Gasteiger partial charge in [0.05, 0.1) is 41.7 Å². The second-order valence-electron chi connectivity index (χ2n) is 12.7. The number of halogens is 2. The number of hydrogen-bond acceptors (Lipinski definition) is 10. The normalized spacial score (nSPS) is 11.4. The highest BCUT2D eigenvalue weighted by molar-refractivity contribution is 5.91. The molecule has 0 radical (unpaired) electrons. The summed E-state index contributed by atoms with van der Waals surface area (Å²) in [7, 11) is 1.84. The molecule has 12 nitrogen and oxygen atoms in total. The van der Waals surface area contributed by atoms with Gasteiger partial charge in [0.15, 0.2) is 11.6 Å². The van der Waals surface area contributed by atoms with Crippen LogP contribution in [0.1, 0.15) is 28.1 Å². The molecule has 0 atom stereocenters. The molecule has 0 spiro atoms. The van der Waals surface area contributed by atoms with Crippen LogP contribution in [0.4, 0.5) is 31.5 Å². The molecule has 0 saturated carbocycles. The fraction of sp³-hybridized carbons (Fsp3) is 0.158. The van der Waals surface area contributed by atoms with Crippen molar-refractivity contribution in [3.63, 3.8) is 0 Å². The number of nitrogens with zero attached hydrogens (tertiary/aromatic N) is 10. The maximum Gasteiger partial charge on any atom is 0.156 e. The zero-order chi connectivity index (χ0) is 36.1. The number of aryl methyl sites for hydroxylation is 5. The molecule has 0 saturated heterocycles. The Morgan fingerprint density at radius 2 is 1.33 bits per heavy atom. The minimum Gasteiger partial charge on any atom is -0.353 e. The molecule has 0 fully saturated rings. The van der Waals surface area contributed by atoms with Gasteiger partial charge < -0.3 is 10.6 Å². The first-order chi connectivity index (χ1) is 25.1. The van der Waals surface area contributed by atoms with Crippen molar-refractivity contribution >= 4 is 44.8 Å². The van der Waals surface area contributed by atoms with Gasteiger partial charge in [-0.05, 0) is 81.3 Å². The molecule has 0 bridgehead atoms. The maximum absolute atomic E-state index is 16.5. The van der Waals surface area contributed by atoms with Gasteiger partial charge in [0, 0.05) is 60.2 Å². The Bertz CT molecular complexity index is 2660. The van der Waals surface area contributed by atoms with E-state index in [4.69, 9.17) is 0 Å². The third-order valence-electron chi connectivity index (χ3n) is 8.75. The van der Waals surface area contributed by atoms with Gasteiger partial charge in [-0.3, -0.25) is 29.3 Å². The Balaban J connectivity index is 1.13. The number of aromatic nitrogens is 10. The van der Waals surface area contributed by atoms with Gasteiger partial charge in [-0.2, -0.15) is 10.2 Å². The van der Waals surface area contributed by atoms with Gasteiger partial charge in [-0.15, -0.1) is 0 Å². The molecular formula is C38H32F2N12. The van der Waals surface area contributed by atoms with Crippen LogP contribution in [0.25, 0.3) is 44.8 Å². The van der Waals surface area contributed by atoms with Crippen LogP contribution in [0.2, 0.25) is 0 Å². The van der Waals surface area contributed by atoms with E-state index in [2.05, 4.69) is 50.7 Å². The Labute approximate surface area is 296 Å². The molecule has 8 heterocycles. The van der Waals surface area contributed by atoms with Gasteiger partial charge in [-0.25, -0.2) is 18.7 Å². The summed E-state index contributed by atoms with van der Waals surface area (Å²) in [6, 6.07) is 11.9. The van der Waals surface area contributed by atoms with Crippen LogP contribution in [0.5, 0.6) is 0 Å². The van der Waals surface area contributed by atoms with Crippen LogP contribution in [-0.4, -0.2) is 49.5 Å². The number of nitrogens with one attached hydrogen (secondary N) is 2. The van der Waals surface area contributed by atoms with E-state index in [1.165, 1.54) is 6.07 Å². The molecule has 0 aliphatic heterocycles. The van der Waals surface area contributed by atoms with Crippen molar-refractivity contribution in [1.29, 1.82) is 0 Å². The topological polar surface area (TPSA) is 137 Å². The van der Waals surface area contributed by atoms with Crippen molar-refractivity contribution in [3.05, 3.63) is 119 Å². The molecule has 8 rings (SSSR count). The average molecular weight is 695 g/mol. The fourth-order valence-corrected chi connectivity index (χ4v) is 6.13. The summed E-state index contributed by atoms with van der Waals surface area (Å²) in [6.45, 7) is 7.55. The molecular weight excluding hydrogens is 662 g/mol. The van der Waals surface area contributed by atoms with Crippen molar-refractivity contribution in [3.8, 4) is 22.8 Å². The van der Waals surface area contributed by atoms with E-state index in [1.807, 2.05) is 46.1 Å². The largest absolute Gasteiger partial charge is 0.353 e. The van der Waals surface area contributed by atoms with Gasteiger partial charge in [0.25, 0.3) is 0 Å². The molecule has 0 aliphatic rings. The minimum absolute atomic E-state index is 0.0940. The third kappa shape index (κ3) is 6.04. The smallest absolute Gasteiger partial charge is 0.156 e. The summed E-state index contributed by atoms with van der Waals surface area (Å²) in [4.78, 5) is 26.8. The second kappa shape index (κ2) is 12.9. The van der Waals surface area contributed by atoms with Gasteiger partial charge in [-0.1, -0.05) is 0 Å². The lowest BCUT2D eigenvalue weighted by Gasteiger charge is -2.15. The Kier molecular flexibility index (Phi) is 8.05. The Morgan fingerprint density at radius 3 is 2.08 bits per heavy atom. The van der Waals surface area contributed by atoms with Gasteiger partial charge in [0.1, 0.15) is 33.5 Å². The second-order valence-corrected chi connectivity index (χ2v) is 12.7. The van der Waals surface area contributed by atoms with Crippen LogP contribution in [0, 0.1) is 39.3 Å². The number of hydrogen-bond donors (Lipinski definition) is 2. The quantitative estimate of drug-likeness (QED) is 0.163. The molecule has 8 aromatic rings. The molecule has 52 heavy (non-hydrogen) atoms. The van der Waals surface area contributed by atoms with Crippen LogP contribution in [0.3, 0.4) is 0 Å². The van der Waals surface area contributed by atoms with E-state index in [9.17, 15) is 4.39 Å². The summed E-state index contributed by atoms with van der Waals surface area (Å²) in [5.74, 6) is -0.965. The summed E-state index contributed by atoms with van der Waals surface area (Å²) in [5.41, 5.74) is 10.1. The predicted molar refractivity (Wildman–Crippen MR) is 196 cm³/mol. The van der Waals surface area contributed by atoms with Crippen molar-refractivity contribution < 1.29 is 8.78 Å². The maximum atomic E-state index is 16.5. The van der Waals surface area contributed by atoms with E-state index in [-0.39, 0.29) is 17.9 Å². The highest BCUT2D eigenvalue weighted by atomic mass is 19.1. The summed E-state index contributed by atoms with van der Waals surface area (Å²) < 4.78 is 34.6. The number of anilines is 4. The predicted octanol–water partition coefficient (Wildman–Crippen LogP) is 7.67. The van der Waals surface area contributed by atoms with E-state index in [1.54, 1.807) is 71.5 Å². The number of rotatable bonds is 8. The highest BCUT2D eigenvalue weighted by Gasteiger charge is 2.20. The summed E-state index contributed by atoms with van der Waals surface area (Å²) in [5, 5.41) is 16.0. The molecule has 0 aliphatic carbocycles. The van der Waals surface area contributed by atoms with E-state index < -0.39 is 11.6 Å². The first kappa shape index (κ1) is 32.5. The van der Waals surface area contributed by atoms with E-state index in [0.29, 0.717) is 50.7 Å². The number of pyridine rings is 6. The summed E-state index contributed by atoms with van der Waals surface area (Å²) >= 11 is 0. The Morgan fingerprint density at radius 1 is 0.673 bits per heavy atom. The van der Waals surface area contributed by atoms with Gasteiger partial charge >= 0.3 is 0 Å². The number of fused-ring (bicyclic) bond motifs is 2. The standard InChI is InChI=1S/C38H32F2N12/c1-20-16-44-31(14-28(20)48-26-8-10-42-33-19-51(5)50-36(26)33)37-34(40)24(12-23(4)47-37)18-52-38-27(9-11-41-32(38)17-45-52)49-29-13-30(43-15-21(29)2)35-25(39)7-6-22(3)46-35/h6-17,19H,18H2,1-5H3,(H,44,48)(H,41,43,49). The monoisotopic (exact) mass is 694 g/mol. The lowest BCUT2D eigenvalue weighted by molar-refractivity contribution is 0.586. The molecule has 0 amide bonds. The zero-order valence-electron chi connectivity index (χ0n) is 28.9. The molecule has 14 heteroatoms. The van der Waals surface area contributed by atoms with E-state index in [0.717, 1.165) is 33.5 Å². The van der Waals surface area contributed by atoms with Crippen molar-refractivity contribution in [2.45, 2.75) is 34.2 Å². The summed E-state index contributed by atoms with van der Waals surface area (Å²) in [6.07, 6.45) is 10.2. The highest BCUT2D eigenvalue weighted by Crippen LogP contribution is 2.33. The lowest BCUT2D eigenvalue weighted by Crippen LogP contribution is -2.08. The van der Waals surface area contributed by atoms with Crippen molar-refractivity contribution in [1.82, 2.24) is 49.5 Å². The van der Waals surface area contributed by atoms with Crippen molar-refractivity contribution in [2.24, 2.45) is 7.05 Å². The third-order valence-corrected chi connectivity index (χ3v) is 8.75. The molecule has 258 valence electrons. The van der Waals surface area contributed by atoms with Crippen LogP contribution in [-0.2, 0) is 13.6 Å². The average Bonchev–Trinajstić information content (AvgIpc) is 3.73. The fourth-order valence-electron chi connectivity index (χ4n) is 6.13. The van der Waals surface area contributed by atoms with Crippen molar-refractivity contribution in [2.75, 3.05) is 10.6 Å². The van der Waals surface area contributed by atoms with E-state index >= 15 is 4.39 Å². The lowest BCUT2D eigenvalue weighted by atomic mass is 10.1. The Hall–Kier alpha value is -6.70. The molecule has 0 unspecified atom stereocenters. The van der Waals surface area contributed by atoms with Crippen LogP contribution in [0.15, 0.2) is 79.6 Å². The molecule has 2 N–H and O–H groups in total. The van der Waals surface area contributed by atoms with Gasteiger partial charge in [0.2, 0.25) is 0 Å². The van der Waals surface area contributed by atoms with Crippen LogP contribution < -0.4 is 10.6 Å². The minimum atomic E-state index is -0.506. The molecule has 8 aromatic heterocycles.